The van der Waals surface area contributed by atoms with Crippen LogP contribution in [-0.2, 0) is 13.6 Å². The first-order chi connectivity index (χ1) is 23.5. The molecule has 0 aliphatic rings. The Balaban J connectivity index is 5.51. The van der Waals surface area contributed by atoms with Gasteiger partial charge in [0.2, 0.25) is 0 Å². The molecule has 0 bridgehead atoms. The van der Waals surface area contributed by atoms with Crippen molar-refractivity contribution in [2.45, 2.75) is 214 Å². The summed E-state index contributed by atoms with van der Waals surface area (Å²) in [6, 6.07) is 0. The summed E-state index contributed by atoms with van der Waals surface area (Å²) in [5.74, 6) is 0.940. The third-order valence-corrected chi connectivity index (χ3v) is 12.2. The zero-order valence-electron chi connectivity index (χ0n) is 33.5. The van der Waals surface area contributed by atoms with Crippen LogP contribution in [0.15, 0.2) is 0 Å². The van der Waals surface area contributed by atoms with Crippen molar-refractivity contribution in [2.24, 2.45) is 11.8 Å². The van der Waals surface area contributed by atoms with Gasteiger partial charge in [-0.3, -0.25) is 4.57 Å². The van der Waals surface area contributed by atoms with Crippen LogP contribution in [0.2, 0.25) is 0 Å². The molecule has 0 aromatic carbocycles. The summed E-state index contributed by atoms with van der Waals surface area (Å²) in [5.41, 5.74) is 0. The molecule has 0 fully saturated rings. The van der Waals surface area contributed by atoms with Crippen LogP contribution in [0.1, 0.15) is 214 Å². The van der Waals surface area contributed by atoms with Gasteiger partial charge in [-0.05, 0) is 63.5 Å². The van der Waals surface area contributed by atoms with E-state index in [0.717, 1.165) is 25.9 Å². The van der Waals surface area contributed by atoms with E-state index in [2.05, 4.69) is 39.5 Å². The van der Waals surface area contributed by atoms with Crippen LogP contribution in [0, 0.1) is 11.8 Å². The molecule has 0 saturated carbocycles. The minimum Gasteiger partial charge on any atom is -0.395 e. The minimum atomic E-state index is -3.22. The summed E-state index contributed by atoms with van der Waals surface area (Å²) in [4.78, 5) is 2.34. The standard InChI is InChI=1S/C42H88NO4P/c1-6-11-16-20-22-26-32-41(30-24-18-13-8-3)39-46-48(45,38-29-35-43(36-37-44)34-28-15-10-5)47-40-42(31-25-19-14-9-4)33-27-23-21-17-12-7-2/h41-42,44H,6-40H2,1-5H3. The number of aliphatic hydroxyl groups excluding tert-OH is 1. The predicted molar refractivity (Wildman–Crippen MR) is 213 cm³/mol. The van der Waals surface area contributed by atoms with Gasteiger partial charge >= 0.3 is 7.60 Å². The molecule has 0 aromatic heterocycles. The molecular weight excluding hydrogens is 613 g/mol. The Morgan fingerprint density at radius 2 is 0.792 bits per heavy atom. The van der Waals surface area contributed by atoms with Crippen molar-refractivity contribution in [1.29, 1.82) is 0 Å². The maximum atomic E-state index is 14.6. The summed E-state index contributed by atoms with van der Waals surface area (Å²) in [7, 11) is -3.22. The van der Waals surface area contributed by atoms with Gasteiger partial charge in [0, 0.05) is 6.54 Å². The van der Waals surface area contributed by atoms with Crippen LogP contribution < -0.4 is 0 Å². The lowest BCUT2D eigenvalue weighted by Crippen LogP contribution is -2.29. The summed E-state index contributed by atoms with van der Waals surface area (Å²) >= 11 is 0. The third kappa shape index (κ3) is 30.9. The first-order valence-electron chi connectivity index (χ1n) is 21.7. The Morgan fingerprint density at radius 1 is 0.458 bits per heavy atom. The van der Waals surface area contributed by atoms with E-state index < -0.39 is 7.60 Å². The molecule has 0 heterocycles. The van der Waals surface area contributed by atoms with Crippen molar-refractivity contribution in [3.05, 3.63) is 0 Å². The largest absolute Gasteiger partial charge is 0.395 e. The van der Waals surface area contributed by atoms with Crippen molar-refractivity contribution in [2.75, 3.05) is 45.6 Å². The van der Waals surface area contributed by atoms with Crippen molar-refractivity contribution in [3.63, 3.8) is 0 Å². The highest BCUT2D eigenvalue weighted by Gasteiger charge is 2.28. The van der Waals surface area contributed by atoms with Crippen LogP contribution in [0.25, 0.3) is 0 Å². The highest BCUT2D eigenvalue weighted by atomic mass is 31.2. The lowest BCUT2D eigenvalue weighted by atomic mass is 9.95. The fraction of sp³-hybridized carbons (Fsp3) is 1.00. The normalized spacial score (nSPS) is 14.5. The molecule has 0 saturated heterocycles. The molecule has 0 aliphatic heterocycles. The SMILES string of the molecule is CCCCCCCCC(CCCCCC)COP(=O)(CCCN(CCO)CCCCC)OCC(CCCCCC)CCCCCCCC. The molecule has 0 spiro atoms. The van der Waals surface area contributed by atoms with E-state index in [4.69, 9.17) is 9.05 Å². The van der Waals surface area contributed by atoms with Crippen molar-refractivity contribution >= 4 is 7.60 Å². The van der Waals surface area contributed by atoms with Crippen molar-refractivity contribution < 1.29 is 18.7 Å². The molecule has 5 nitrogen and oxygen atoms in total. The van der Waals surface area contributed by atoms with Gasteiger partial charge in [0.1, 0.15) is 0 Å². The van der Waals surface area contributed by atoms with Crippen LogP contribution in [0.5, 0.6) is 0 Å². The summed E-state index contributed by atoms with van der Waals surface area (Å²) in [5, 5.41) is 9.67. The highest BCUT2D eigenvalue weighted by molar-refractivity contribution is 7.53. The van der Waals surface area contributed by atoms with Crippen LogP contribution in [0.3, 0.4) is 0 Å². The van der Waals surface area contributed by atoms with Gasteiger partial charge in [0.25, 0.3) is 0 Å². The van der Waals surface area contributed by atoms with Gasteiger partial charge in [0.15, 0.2) is 0 Å². The Hall–Kier alpha value is 0.0700. The van der Waals surface area contributed by atoms with E-state index in [9.17, 15) is 9.67 Å². The summed E-state index contributed by atoms with van der Waals surface area (Å²) < 4.78 is 27.6. The van der Waals surface area contributed by atoms with Crippen LogP contribution >= 0.6 is 7.60 Å². The topological polar surface area (TPSA) is 59.0 Å². The average molecular weight is 702 g/mol. The molecule has 0 amide bonds. The van der Waals surface area contributed by atoms with E-state index in [1.807, 2.05) is 0 Å². The van der Waals surface area contributed by atoms with Gasteiger partial charge in [0.05, 0.1) is 26.0 Å². The quantitative estimate of drug-likeness (QED) is 0.0509. The molecule has 6 heteroatoms. The highest BCUT2D eigenvalue weighted by Crippen LogP contribution is 2.50. The Kier molecular flexibility index (Phi) is 36.9. The van der Waals surface area contributed by atoms with E-state index in [1.54, 1.807) is 0 Å². The number of aliphatic hydroxyl groups is 1. The smallest absolute Gasteiger partial charge is 0.330 e. The monoisotopic (exact) mass is 702 g/mol. The van der Waals surface area contributed by atoms with Gasteiger partial charge < -0.3 is 19.1 Å². The fourth-order valence-corrected chi connectivity index (χ4v) is 8.66. The maximum absolute atomic E-state index is 14.6. The average Bonchev–Trinajstić information content (AvgIpc) is 3.08. The van der Waals surface area contributed by atoms with Crippen LogP contribution in [0.4, 0.5) is 0 Å². The second kappa shape index (κ2) is 36.8. The van der Waals surface area contributed by atoms with Gasteiger partial charge in [-0.15, -0.1) is 0 Å². The molecule has 290 valence electrons. The van der Waals surface area contributed by atoms with Crippen molar-refractivity contribution in [3.8, 4) is 0 Å². The second-order valence-electron chi connectivity index (χ2n) is 15.1. The zero-order chi connectivity index (χ0) is 35.4. The van der Waals surface area contributed by atoms with E-state index in [1.165, 1.54) is 167 Å². The number of hydrogen-bond donors (Lipinski definition) is 1. The number of unbranched alkanes of at least 4 members (excludes halogenated alkanes) is 18. The molecule has 0 rings (SSSR count). The molecule has 0 radical (unpaired) electrons. The lowest BCUT2D eigenvalue weighted by Gasteiger charge is -2.26. The summed E-state index contributed by atoms with van der Waals surface area (Å²) in [6.07, 6.45) is 35.5. The summed E-state index contributed by atoms with van der Waals surface area (Å²) in [6.45, 7) is 15.2. The van der Waals surface area contributed by atoms with Gasteiger partial charge in [-0.1, -0.05) is 176 Å². The Bertz CT molecular complexity index is 638. The molecule has 0 aromatic rings. The van der Waals surface area contributed by atoms with Crippen molar-refractivity contribution in [1.82, 2.24) is 4.90 Å². The first kappa shape index (κ1) is 48.1. The third-order valence-electron chi connectivity index (χ3n) is 10.3. The van der Waals surface area contributed by atoms with E-state index in [-0.39, 0.29) is 6.61 Å². The first-order valence-corrected chi connectivity index (χ1v) is 23.4. The number of rotatable bonds is 40. The Labute approximate surface area is 302 Å². The molecule has 1 N–H and O–H groups in total. The number of hydrogen-bond acceptors (Lipinski definition) is 5. The molecule has 0 aliphatic carbocycles. The molecule has 2 unspecified atom stereocenters. The maximum Gasteiger partial charge on any atom is 0.330 e. The molecule has 2 atom stereocenters. The van der Waals surface area contributed by atoms with E-state index in [0.29, 0.717) is 37.8 Å². The molecular formula is C42H88NO4P. The van der Waals surface area contributed by atoms with E-state index >= 15 is 0 Å². The fourth-order valence-electron chi connectivity index (χ4n) is 6.92. The second-order valence-corrected chi connectivity index (χ2v) is 17.3. The predicted octanol–water partition coefficient (Wildman–Crippen LogP) is 13.8. The van der Waals surface area contributed by atoms with Gasteiger partial charge in [-0.2, -0.15) is 0 Å². The minimum absolute atomic E-state index is 0.174. The van der Waals surface area contributed by atoms with Gasteiger partial charge in [-0.25, -0.2) is 0 Å². The molecule has 48 heavy (non-hydrogen) atoms. The van der Waals surface area contributed by atoms with Crippen LogP contribution in [-0.4, -0.2) is 55.6 Å². The zero-order valence-corrected chi connectivity index (χ0v) is 34.4. The lowest BCUT2D eigenvalue weighted by molar-refractivity contribution is 0.144. The Morgan fingerprint density at radius 3 is 1.19 bits per heavy atom. The number of nitrogens with zero attached hydrogens (tertiary/aromatic N) is 1.